The van der Waals surface area contributed by atoms with Crippen molar-refractivity contribution < 1.29 is 9.53 Å². The molecule has 13 heavy (non-hydrogen) atoms. The van der Waals surface area contributed by atoms with Crippen LogP contribution in [-0.4, -0.2) is 17.1 Å². The molecule has 0 saturated carbocycles. The van der Waals surface area contributed by atoms with E-state index in [-0.39, 0.29) is 12.2 Å². The second kappa shape index (κ2) is 2.99. The summed E-state index contributed by atoms with van der Waals surface area (Å²) in [5.74, 6) is -0.434. The minimum absolute atomic E-state index is 0.186. The lowest BCUT2D eigenvalue weighted by Crippen LogP contribution is -2.33. The highest BCUT2D eigenvalue weighted by atomic mass is 79.9. The molecule has 4 nitrogen and oxygen atoms in total. The molecule has 1 aliphatic rings. The number of cyclic esters (lactones) is 1. The van der Waals surface area contributed by atoms with Gasteiger partial charge in [-0.15, -0.1) is 0 Å². The summed E-state index contributed by atoms with van der Waals surface area (Å²) in [6.45, 7) is 0.696. The summed E-state index contributed by atoms with van der Waals surface area (Å²) in [5, 5.41) is 0. The number of ether oxygens (including phenoxy) is 1. The largest absolute Gasteiger partial charge is 0.459 e. The van der Waals surface area contributed by atoms with Gasteiger partial charge in [0.25, 0.3) is 5.56 Å². The second-order valence-electron chi connectivity index (χ2n) is 2.66. The first-order chi connectivity index (χ1) is 6.20. The van der Waals surface area contributed by atoms with Crippen LogP contribution in [-0.2, 0) is 11.3 Å². The highest BCUT2D eigenvalue weighted by molar-refractivity contribution is 9.10. The third-order valence-corrected chi connectivity index (χ3v) is 2.49. The summed E-state index contributed by atoms with van der Waals surface area (Å²) < 4.78 is 6.66. The second-order valence-corrected chi connectivity index (χ2v) is 3.51. The summed E-state index contributed by atoms with van der Waals surface area (Å²) >= 11 is 3.11. The molecule has 0 radical (unpaired) electrons. The molecule has 0 amide bonds. The van der Waals surface area contributed by atoms with Crippen molar-refractivity contribution in [2.24, 2.45) is 0 Å². The molecule has 68 valence electrons. The van der Waals surface area contributed by atoms with Crippen LogP contribution < -0.4 is 5.56 Å². The Labute approximate surface area is 82.3 Å². The molecule has 0 saturated heterocycles. The topological polar surface area (TPSA) is 48.3 Å². The summed E-state index contributed by atoms with van der Waals surface area (Å²) in [5.41, 5.74) is 0.133. The van der Waals surface area contributed by atoms with Crippen molar-refractivity contribution in [3.05, 3.63) is 32.7 Å². The van der Waals surface area contributed by atoms with Gasteiger partial charge >= 0.3 is 5.97 Å². The van der Waals surface area contributed by atoms with Crippen molar-refractivity contribution in [2.75, 3.05) is 6.61 Å². The number of fused-ring (bicyclic) bond motifs is 1. The van der Waals surface area contributed by atoms with E-state index in [0.29, 0.717) is 16.7 Å². The molecule has 0 aromatic carbocycles. The first-order valence-electron chi connectivity index (χ1n) is 3.76. The number of hydrogen-bond acceptors (Lipinski definition) is 3. The Balaban J connectivity index is 2.70. The Morgan fingerprint density at radius 3 is 2.92 bits per heavy atom. The monoisotopic (exact) mass is 243 g/mol. The zero-order chi connectivity index (χ0) is 9.42. The molecule has 0 spiro atoms. The van der Waals surface area contributed by atoms with Gasteiger partial charge in [0.1, 0.15) is 12.3 Å². The number of halogens is 1. The number of nitrogens with zero attached hydrogens (tertiary/aromatic N) is 1. The van der Waals surface area contributed by atoms with Crippen LogP contribution in [0.25, 0.3) is 0 Å². The van der Waals surface area contributed by atoms with Crippen LogP contribution in [0, 0.1) is 0 Å². The van der Waals surface area contributed by atoms with E-state index in [4.69, 9.17) is 4.74 Å². The lowest BCUT2D eigenvalue weighted by molar-refractivity contribution is 0.0416. The van der Waals surface area contributed by atoms with E-state index in [1.807, 2.05) is 0 Å². The normalized spacial score (nSPS) is 15.0. The molecule has 1 aliphatic heterocycles. The zero-order valence-corrected chi connectivity index (χ0v) is 8.20. The first kappa shape index (κ1) is 8.50. The van der Waals surface area contributed by atoms with Crippen LogP contribution in [0.15, 0.2) is 21.4 Å². The van der Waals surface area contributed by atoms with Gasteiger partial charge in [0.2, 0.25) is 0 Å². The van der Waals surface area contributed by atoms with E-state index in [1.165, 1.54) is 4.57 Å². The molecule has 0 fully saturated rings. The van der Waals surface area contributed by atoms with Gasteiger partial charge in [-0.05, 0) is 28.1 Å². The maximum Gasteiger partial charge on any atom is 0.355 e. The molecule has 1 aromatic heterocycles. The third kappa shape index (κ3) is 1.29. The highest BCUT2D eigenvalue weighted by Gasteiger charge is 2.19. The summed E-state index contributed by atoms with van der Waals surface area (Å²) in [6, 6.07) is 3.13. The van der Waals surface area contributed by atoms with Crippen molar-refractivity contribution in [1.29, 1.82) is 0 Å². The first-order valence-corrected chi connectivity index (χ1v) is 4.56. The van der Waals surface area contributed by atoms with Crippen molar-refractivity contribution in [3.63, 3.8) is 0 Å². The maximum atomic E-state index is 11.5. The lowest BCUT2D eigenvalue weighted by atomic mass is 10.3. The van der Waals surface area contributed by atoms with Crippen LogP contribution in [0.4, 0.5) is 0 Å². The Morgan fingerprint density at radius 2 is 2.15 bits per heavy atom. The summed E-state index contributed by atoms with van der Waals surface area (Å²) in [7, 11) is 0. The van der Waals surface area contributed by atoms with Gasteiger partial charge in [-0.1, -0.05) is 0 Å². The Kier molecular flexibility index (Phi) is 1.95. The van der Waals surface area contributed by atoms with E-state index in [9.17, 15) is 9.59 Å². The minimum atomic E-state index is -0.434. The SMILES string of the molecule is O=C1OCCn2c1ccc(Br)c2=O. The number of pyridine rings is 1. The molecule has 2 heterocycles. The van der Waals surface area contributed by atoms with Gasteiger partial charge in [-0.25, -0.2) is 4.79 Å². The van der Waals surface area contributed by atoms with Gasteiger partial charge in [-0.3, -0.25) is 9.36 Å². The molecule has 0 aliphatic carbocycles. The summed E-state index contributed by atoms with van der Waals surface area (Å²) in [6.07, 6.45) is 0. The highest BCUT2D eigenvalue weighted by Crippen LogP contribution is 2.10. The van der Waals surface area contributed by atoms with E-state index in [0.717, 1.165) is 0 Å². The van der Waals surface area contributed by atoms with Crippen LogP contribution in [0.2, 0.25) is 0 Å². The summed E-state index contributed by atoms with van der Waals surface area (Å²) in [4.78, 5) is 22.6. The molecule has 0 atom stereocenters. The standard InChI is InChI=1S/C8H6BrNO3/c9-5-1-2-6-8(12)13-4-3-10(6)7(5)11/h1-2H,3-4H2. The van der Waals surface area contributed by atoms with Crippen molar-refractivity contribution in [2.45, 2.75) is 6.54 Å². The van der Waals surface area contributed by atoms with E-state index < -0.39 is 5.97 Å². The van der Waals surface area contributed by atoms with Crippen LogP contribution in [0.1, 0.15) is 10.5 Å². The van der Waals surface area contributed by atoms with Crippen molar-refractivity contribution in [1.82, 2.24) is 4.57 Å². The van der Waals surface area contributed by atoms with Gasteiger partial charge < -0.3 is 4.74 Å². The average molecular weight is 244 g/mol. The quantitative estimate of drug-likeness (QED) is 0.633. The van der Waals surface area contributed by atoms with Crippen molar-refractivity contribution in [3.8, 4) is 0 Å². The smallest absolute Gasteiger partial charge is 0.355 e. The Morgan fingerprint density at radius 1 is 1.38 bits per heavy atom. The number of esters is 1. The van der Waals surface area contributed by atoms with E-state index >= 15 is 0 Å². The predicted octanol–water partition coefficient (Wildman–Crippen LogP) is 0.781. The molecular weight excluding hydrogens is 238 g/mol. The van der Waals surface area contributed by atoms with Gasteiger partial charge in [0, 0.05) is 0 Å². The number of carbonyl (C=O) groups is 1. The average Bonchev–Trinajstić information content (AvgIpc) is 2.12. The molecule has 5 heteroatoms. The number of carbonyl (C=O) groups excluding carboxylic acids is 1. The molecule has 1 aromatic rings. The molecular formula is C8H6BrNO3. The van der Waals surface area contributed by atoms with E-state index in [2.05, 4.69) is 15.9 Å². The fourth-order valence-corrected chi connectivity index (χ4v) is 1.60. The lowest BCUT2D eigenvalue weighted by Gasteiger charge is -2.17. The number of rotatable bonds is 0. The van der Waals surface area contributed by atoms with E-state index in [1.54, 1.807) is 12.1 Å². The fraction of sp³-hybridized carbons (Fsp3) is 0.250. The van der Waals surface area contributed by atoms with Crippen LogP contribution in [0.5, 0.6) is 0 Å². The van der Waals surface area contributed by atoms with Crippen molar-refractivity contribution >= 4 is 21.9 Å². The molecule has 0 unspecified atom stereocenters. The maximum absolute atomic E-state index is 11.5. The fourth-order valence-electron chi connectivity index (χ4n) is 1.26. The van der Waals surface area contributed by atoms with Gasteiger partial charge in [0.15, 0.2) is 0 Å². The number of hydrogen-bond donors (Lipinski definition) is 0. The molecule has 0 bridgehead atoms. The molecule has 0 N–H and O–H groups in total. The Hall–Kier alpha value is -1.10. The Bertz CT molecular complexity index is 424. The van der Waals surface area contributed by atoms with Crippen LogP contribution >= 0.6 is 15.9 Å². The third-order valence-electron chi connectivity index (χ3n) is 1.88. The zero-order valence-electron chi connectivity index (χ0n) is 6.62. The van der Waals surface area contributed by atoms with Gasteiger partial charge in [0.05, 0.1) is 11.0 Å². The predicted molar refractivity (Wildman–Crippen MR) is 48.7 cm³/mol. The molecule has 2 rings (SSSR count). The number of aromatic nitrogens is 1. The minimum Gasteiger partial charge on any atom is -0.459 e. The van der Waals surface area contributed by atoms with Gasteiger partial charge in [-0.2, -0.15) is 0 Å². The van der Waals surface area contributed by atoms with Crippen LogP contribution in [0.3, 0.4) is 0 Å².